The number of anilines is 1. The predicted octanol–water partition coefficient (Wildman–Crippen LogP) is 1.91. The molecule has 0 aromatic carbocycles. The van der Waals surface area contributed by atoms with Crippen LogP contribution in [0.5, 0.6) is 0 Å². The molecule has 3 N–H and O–H groups in total. The number of pyridine rings is 2. The second-order valence-electron chi connectivity index (χ2n) is 8.15. The zero-order valence-electron chi connectivity index (χ0n) is 18.0. The van der Waals surface area contributed by atoms with Crippen LogP contribution in [0.25, 0.3) is 17.1 Å². The van der Waals surface area contributed by atoms with Crippen LogP contribution in [0.15, 0.2) is 47.6 Å². The summed E-state index contributed by atoms with van der Waals surface area (Å²) in [5.74, 6) is 0.980. The fourth-order valence-electron chi connectivity index (χ4n) is 4.05. The summed E-state index contributed by atoms with van der Waals surface area (Å²) in [4.78, 5) is 32.4. The molecule has 2 saturated heterocycles. The molecule has 170 valence electrons. The summed E-state index contributed by atoms with van der Waals surface area (Å²) in [6.07, 6.45) is 7.28. The minimum Gasteiger partial charge on any atom is -0.364 e. The highest BCUT2D eigenvalue weighted by molar-refractivity contribution is 8.05. The van der Waals surface area contributed by atoms with E-state index in [-0.39, 0.29) is 5.91 Å². The lowest BCUT2D eigenvalue weighted by atomic mass is 9.97. The van der Waals surface area contributed by atoms with Crippen LogP contribution in [0.4, 0.5) is 5.95 Å². The summed E-state index contributed by atoms with van der Waals surface area (Å²) in [6, 6.07) is 9.82. The van der Waals surface area contributed by atoms with Gasteiger partial charge in [0.1, 0.15) is 0 Å². The number of thioether (sulfide) groups is 1. The molecule has 0 spiro atoms. The first kappa shape index (κ1) is 21.7. The molecular formula is C23H25N7O2S. The lowest BCUT2D eigenvalue weighted by Crippen LogP contribution is -2.38. The maximum Gasteiger partial charge on any atom is 0.260 e. The number of aromatic nitrogens is 4. The van der Waals surface area contributed by atoms with Crippen molar-refractivity contribution < 1.29 is 9.90 Å². The van der Waals surface area contributed by atoms with Gasteiger partial charge in [0.05, 0.1) is 16.3 Å². The number of aliphatic hydroxyl groups is 1. The number of nitrogens with one attached hydrogen (secondary N) is 2. The van der Waals surface area contributed by atoms with Crippen molar-refractivity contribution in [2.45, 2.75) is 24.9 Å². The third kappa shape index (κ3) is 5.29. The first-order chi connectivity index (χ1) is 16.1. The SMILES string of the molecule is O=C1NC(O)SC1=Cc1ccnc(N2CCC(CNCc3ccc4cccnc4n3)CC2)n1. The number of piperidine rings is 1. The molecule has 1 unspecified atom stereocenters. The Labute approximate surface area is 195 Å². The van der Waals surface area contributed by atoms with E-state index in [0.717, 1.165) is 67.5 Å². The van der Waals surface area contributed by atoms with E-state index in [1.54, 1.807) is 24.5 Å². The average Bonchev–Trinajstić information content (AvgIpc) is 3.16. The normalized spacial score (nSPS) is 20.5. The Kier molecular flexibility index (Phi) is 6.47. The van der Waals surface area contributed by atoms with Crippen LogP contribution < -0.4 is 15.5 Å². The van der Waals surface area contributed by atoms with Gasteiger partial charge in [-0.3, -0.25) is 4.79 Å². The van der Waals surface area contributed by atoms with E-state index in [9.17, 15) is 9.90 Å². The maximum atomic E-state index is 11.8. The largest absolute Gasteiger partial charge is 0.364 e. The standard InChI is InChI=1S/C23H25N7O2S/c31-21-19(33-23(32)29-21)12-17-5-9-26-22(28-17)30-10-6-15(7-11-30)13-24-14-18-4-3-16-2-1-8-25-20(16)27-18/h1-5,8-9,12,15,23-24,32H,6-7,10-11,13-14H2,(H,29,31). The summed E-state index contributed by atoms with van der Waals surface area (Å²) in [5, 5.41) is 16.6. The number of fused-ring (bicyclic) bond motifs is 1. The summed E-state index contributed by atoms with van der Waals surface area (Å²) in [7, 11) is 0. The lowest BCUT2D eigenvalue weighted by molar-refractivity contribution is -0.117. The molecule has 2 fully saturated rings. The third-order valence-electron chi connectivity index (χ3n) is 5.82. The van der Waals surface area contributed by atoms with Crippen molar-refractivity contribution in [1.29, 1.82) is 0 Å². The minimum absolute atomic E-state index is 0.281. The van der Waals surface area contributed by atoms with E-state index in [1.165, 1.54) is 0 Å². The van der Waals surface area contributed by atoms with E-state index in [2.05, 4.69) is 41.5 Å². The van der Waals surface area contributed by atoms with Gasteiger partial charge in [-0.15, -0.1) is 0 Å². The zero-order valence-corrected chi connectivity index (χ0v) is 18.8. The molecule has 33 heavy (non-hydrogen) atoms. The molecule has 2 aliphatic heterocycles. The lowest BCUT2D eigenvalue weighted by Gasteiger charge is -2.32. The number of carbonyl (C=O) groups excluding carboxylic acids is 1. The van der Waals surface area contributed by atoms with Crippen molar-refractivity contribution >= 4 is 40.7 Å². The van der Waals surface area contributed by atoms with Crippen LogP contribution in [-0.2, 0) is 11.3 Å². The average molecular weight is 464 g/mol. The van der Waals surface area contributed by atoms with Crippen molar-refractivity contribution in [3.05, 3.63) is 59.0 Å². The van der Waals surface area contributed by atoms with Gasteiger partial charge < -0.3 is 20.6 Å². The molecule has 0 bridgehead atoms. The number of amides is 1. The van der Waals surface area contributed by atoms with Crippen LogP contribution in [0.3, 0.4) is 0 Å². The second kappa shape index (κ2) is 9.82. The highest BCUT2D eigenvalue weighted by atomic mass is 32.2. The van der Waals surface area contributed by atoms with Crippen LogP contribution >= 0.6 is 11.8 Å². The van der Waals surface area contributed by atoms with Crippen molar-refractivity contribution in [3.63, 3.8) is 0 Å². The molecule has 0 aliphatic carbocycles. The van der Waals surface area contributed by atoms with Gasteiger partial charge in [-0.25, -0.2) is 19.9 Å². The summed E-state index contributed by atoms with van der Waals surface area (Å²) < 4.78 is 0. The number of hydrogen-bond donors (Lipinski definition) is 3. The summed E-state index contributed by atoms with van der Waals surface area (Å²) in [5.41, 5.74) is 1.55. The molecule has 5 rings (SSSR count). The fraction of sp³-hybridized carbons (Fsp3) is 0.348. The summed E-state index contributed by atoms with van der Waals surface area (Å²) in [6.45, 7) is 3.45. The Hall–Kier alpha value is -3.08. The zero-order chi connectivity index (χ0) is 22.6. The number of nitrogens with zero attached hydrogens (tertiary/aromatic N) is 5. The van der Waals surface area contributed by atoms with Gasteiger partial charge in [0, 0.05) is 37.4 Å². The second-order valence-corrected chi connectivity index (χ2v) is 9.27. The highest BCUT2D eigenvalue weighted by Gasteiger charge is 2.25. The first-order valence-corrected chi connectivity index (χ1v) is 11.9. The molecule has 0 radical (unpaired) electrons. The molecule has 1 amide bonds. The van der Waals surface area contributed by atoms with Crippen molar-refractivity contribution in [3.8, 4) is 0 Å². The van der Waals surface area contributed by atoms with Crippen molar-refractivity contribution in [1.82, 2.24) is 30.6 Å². The van der Waals surface area contributed by atoms with Crippen LogP contribution in [0.1, 0.15) is 24.2 Å². The topological polar surface area (TPSA) is 116 Å². The van der Waals surface area contributed by atoms with Crippen molar-refractivity contribution in [2.24, 2.45) is 5.92 Å². The van der Waals surface area contributed by atoms with E-state index in [1.807, 2.05) is 18.2 Å². The molecule has 9 nitrogen and oxygen atoms in total. The van der Waals surface area contributed by atoms with Gasteiger partial charge in [-0.05, 0) is 61.7 Å². The minimum atomic E-state index is -0.897. The van der Waals surface area contributed by atoms with Crippen LogP contribution in [0, 0.1) is 5.92 Å². The third-order valence-corrected chi connectivity index (χ3v) is 6.72. The molecular weight excluding hydrogens is 438 g/mol. The number of carbonyl (C=O) groups is 1. The Bertz CT molecular complexity index is 1180. The van der Waals surface area contributed by atoms with E-state index < -0.39 is 5.56 Å². The van der Waals surface area contributed by atoms with Gasteiger partial charge in [0.15, 0.2) is 11.2 Å². The van der Waals surface area contributed by atoms with Crippen LogP contribution in [0.2, 0.25) is 0 Å². The molecule has 0 saturated carbocycles. The van der Waals surface area contributed by atoms with E-state index in [4.69, 9.17) is 0 Å². The summed E-state index contributed by atoms with van der Waals surface area (Å²) >= 11 is 1.08. The number of aliphatic hydroxyl groups excluding tert-OH is 1. The highest BCUT2D eigenvalue weighted by Crippen LogP contribution is 2.28. The van der Waals surface area contributed by atoms with Crippen molar-refractivity contribution in [2.75, 3.05) is 24.5 Å². The van der Waals surface area contributed by atoms with E-state index in [0.29, 0.717) is 22.5 Å². The Morgan fingerprint density at radius 3 is 2.85 bits per heavy atom. The molecule has 3 aromatic heterocycles. The quantitative estimate of drug-likeness (QED) is 0.471. The van der Waals surface area contributed by atoms with Gasteiger partial charge in [-0.1, -0.05) is 11.8 Å². The molecule has 3 aromatic rings. The van der Waals surface area contributed by atoms with Gasteiger partial charge in [-0.2, -0.15) is 0 Å². The van der Waals surface area contributed by atoms with Gasteiger partial charge in [0.25, 0.3) is 5.91 Å². The predicted molar refractivity (Wildman–Crippen MR) is 128 cm³/mol. The van der Waals surface area contributed by atoms with Gasteiger partial charge in [0.2, 0.25) is 5.95 Å². The first-order valence-electron chi connectivity index (χ1n) is 11.0. The monoisotopic (exact) mass is 463 g/mol. The molecule has 5 heterocycles. The Balaban J connectivity index is 1.12. The number of hydrogen-bond acceptors (Lipinski definition) is 9. The Morgan fingerprint density at radius 2 is 2.03 bits per heavy atom. The fourth-order valence-corrected chi connectivity index (χ4v) is 4.81. The van der Waals surface area contributed by atoms with E-state index >= 15 is 0 Å². The Morgan fingerprint density at radius 1 is 1.15 bits per heavy atom. The molecule has 10 heteroatoms. The maximum absolute atomic E-state index is 11.8. The number of rotatable bonds is 6. The van der Waals surface area contributed by atoms with Crippen LogP contribution in [-0.4, -0.2) is 56.1 Å². The molecule has 2 aliphatic rings. The van der Waals surface area contributed by atoms with Gasteiger partial charge >= 0.3 is 0 Å². The smallest absolute Gasteiger partial charge is 0.260 e. The molecule has 1 atom stereocenters.